The summed E-state index contributed by atoms with van der Waals surface area (Å²) in [6.45, 7) is 2.42. The van der Waals surface area contributed by atoms with Crippen LogP contribution >= 0.6 is 0 Å². The van der Waals surface area contributed by atoms with Gasteiger partial charge in [-0.1, -0.05) is 0 Å². The molecule has 0 aliphatic carbocycles. The molecule has 1 saturated heterocycles. The van der Waals surface area contributed by atoms with Crippen molar-refractivity contribution in [1.82, 2.24) is 5.06 Å². The van der Waals surface area contributed by atoms with Crippen LogP contribution in [-0.4, -0.2) is 29.7 Å². The summed E-state index contributed by atoms with van der Waals surface area (Å²) in [5.41, 5.74) is 4.98. The van der Waals surface area contributed by atoms with E-state index in [4.69, 9.17) is 15.8 Å². The molecule has 1 aliphatic heterocycles. The molecule has 0 bridgehead atoms. The Kier molecular flexibility index (Phi) is 2.86. The number of hydrogen-bond acceptors (Lipinski definition) is 5. The van der Waals surface area contributed by atoms with Gasteiger partial charge in [-0.3, -0.25) is 4.79 Å². The van der Waals surface area contributed by atoms with Gasteiger partial charge in [0.25, 0.3) is 0 Å². The van der Waals surface area contributed by atoms with Crippen molar-refractivity contribution < 1.29 is 9.63 Å². The first kappa shape index (κ1) is 9.96. The molecule has 0 unspecified atom stereocenters. The van der Waals surface area contributed by atoms with E-state index in [9.17, 15) is 4.79 Å². The third-order valence-electron chi connectivity index (χ3n) is 2.09. The first-order valence-corrected chi connectivity index (χ1v) is 4.19. The molecule has 0 atom stereocenters. The fourth-order valence-corrected chi connectivity index (χ4v) is 1.27. The van der Waals surface area contributed by atoms with E-state index in [-0.39, 0.29) is 5.97 Å². The van der Waals surface area contributed by atoms with E-state index in [1.54, 1.807) is 5.06 Å². The predicted octanol–water partition coefficient (Wildman–Crippen LogP) is -0.219. The Morgan fingerprint density at radius 3 is 2.54 bits per heavy atom. The molecule has 1 heterocycles. The van der Waals surface area contributed by atoms with Crippen LogP contribution in [0, 0.1) is 11.3 Å². The normalized spacial score (nSPS) is 21.9. The number of hydrogen-bond donors (Lipinski definition) is 1. The van der Waals surface area contributed by atoms with Crippen molar-refractivity contribution in [1.29, 1.82) is 5.26 Å². The van der Waals surface area contributed by atoms with Crippen LogP contribution in [0.25, 0.3) is 0 Å². The monoisotopic (exact) mass is 183 g/mol. The minimum atomic E-state index is -0.739. The number of rotatable bonds is 1. The average Bonchev–Trinajstić information content (AvgIpc) is 2.09. The van der Waals surface area contributed by atoms with E-state index in [2.05, 4.69) is 6.07 Å². The molecule has 2 N–H and O–H groups in total. The number of carbonyl (C=O) groups excluding carboxylic acids is 1. The largest absolute Gasteiger partial charge is 0.368 e. The maximum absolute atomic E-state index is 10.6. The predicted molar refractivity (Wildman–Crippen MR) is 45.1 cm³/mol. The molecular weight excluding hydrogens is 170 g/mol. The Morgan fingerprint density at radius 2 is 2.15 bits per heavy atom. The Labute approximate surface area is 77.0 Å². The van der Waals surface area contributed by atoms with Crippen molar-refractivity contribution in [2.24, 2.45) is 5.73 Å². The smallest absolute Gasteiger partial charge is 0.322 e. The maximum atomic E-state index is 10.6. The zero-order chi connectivity index (χ0) is 9.90. The molecular formula is C8H13N3O2. The fourth-order valence-electron chi connectivity index (χ4n) is 1.27. The number of nitriles is 1. The summed E-state index contributed by atoms with van der Waals surface area (Å²) in [5, 5.41) is 10.3. The standard InChI is InChI=1S/C8H13N3O2/c1-7(12)13-11-4-2-8(10,6-9)3-5-11/h2-5,10H2,1H3. The van der Waals surface area contributed by atoms with Gasteiger partial charge in [-0.05, 0) is 12.8 Å². The second-order valence-corrected chi connectivity index (χ2v) is 3.28. The molecule has 0 saturated carbocycles. The summed E-state index contributed by atoms with van der Waals surface area (Å²) in [6.07, 6.45) is 1.08. The van der Waals surface area contributed by atoms with Gasteiger partial charge in [0.2, 0.25) is 0 Å². The number of carbonyl (C=O) groups is 1. The number of piperidine rings is 1. The minimum absolute atomic E-state index is 0.332. The van der Waals surface area contributed by atoms with Crippen LogP contribution in [0.4, 0.5) is 0 Å². The highest BCUT2D eigenvalue weighted by Gasteiger charge is 2.31. The highest BCUT2D eigenvalue weighted by Crippen LogP contribution is 2.18. The zero-order valence-electron chi connectivity index (χ0n) is 7.62. The minimum Gasteiger partial charge on any atom is -0.368 e. The molecule has 0 radical (unpaired) electrons. The molecule has 13 heavy (non-hydrogen) atoms. The molecule has 5 heteroatoms. The van der Waals surface area contributed by atoms with Crippen LogP contribution in [0.3, 0.4) is 0 Å². The van der Waals surface area contributed by atoms with Gasteiger partial charge >= 0.3 is 5.97 Å². The van der Waals surface area contributed by atoms with Gasteiger partial charge in [0.05, 0.1) is 6.07 Å². The van der Waals surface area contributed by atoms with Crippen molar-refractivity contribution in [3.8, 4) is 6.07 Å². The molecule has 1 fully saturated rings. The molecule has 5 nitrogen and oxygen atoms in total. The highest BCUT2D eigenvalue weighted by atomic mass is 16.7. The zero-order valence-corrected chi connectivity index (χ0v) is 7.62. The first-order valence-electron chi connectivity index (χ1n) is 4.19. The van der Waals surface area contributed by atoms with Crippen LogP contribution in [0.2, 0.25) is 0 Å². The third kappa shape index (κ3) is 2.68. The van der Waals surface area contributed by atoms with Gasteiger partial charge in [0.15, 0.2) is 0 Å². The lowest BCUT2D eigenvalue weighted by atomic mass is 9.91. The molecule has 0 aromatic carbocycles. The van der Waals surface area contributed by atoms with Gasteiger partial charge < -0.3 is 10.6 Å². The van der Waals surface area contributed by atoms with Crippen molar-refractivity contribution in [3.63, 3.8) is 0 Å². The summed E-state index contributed by atoms with van der Waals surface area (Å²) in [7, 11) is 0. The SMILES string of the molecule is CC(=O)ON1CCC(N)(C#N)CC1. The highest BCUT2D eigenvalue weighted by molar-refractivity contribution is 5.65. The summed E-state index contributed by atoms with van der Waals surface area (Å²) >= 11 is 0. The number of nitrogens with two attached hydrogens (primary N) is 1. The van der Waals surface area contributed by atoms with Gasteiger partial charge in [-0.15, -0.1) is 5.06 Å². The molecule has 0 aromatic rings. The Morgan fingerprint density at radius 1 is 1.62 bits per heavy atom. The molecule has 0 amide bonds. The average molecular weight is 183 g/mol. The lowest BCUT2D eigenvalue weighted by Gasteiger charge is -2.32. The van der Waals surface area contributed by atoms with E-state index >= 15 is 0 Å². The van der Waals surface area contributed by atoms with Crippen LogP contribution in [0.1, 0.15) is 19.8 Å². The lowest BCUT2D eigenvalue weighted by Crippen LogP contribution is -2.49. The van der Waals surface area contributed by atoms with Gasteiger partial charge in [-0.2, -0.15) is 5.26 Å². The van der Waals surface area contributed by atoms with Crippen molar-refractivity contribution in [2.75, 3.05) is 13.1 Å². The quantitative estimate of drug-likeness (QED) is 0.608. The molecule has 0 spiro atoms. The van der Waals surface area contributed by atoms with E-state index in [0.717, 1.165) is 0 Å². The lowest BCUT2D eigenvalue weighted by molar-refractivity contribution is -0.193. The van der Waals surface area contributed by atoms with Crippen LogP contribution in [0.5, 0.6) is 0 Å². The number of hydroxylamine groups is 2. The summed E-state index contributed by atoms with van der Waals surface area (Å²) in [6, 6.07) is 2.06. The molecule has 1 aliphatic rings. The summed E-state index contributed by atoms with van der Waals surface area (Å²) in [5.74, 6) is -0.332. The second kappa shape index (κ2) is 3.73. The molecule has 72 valence electrons. The fraction of sp³-hybridized carbons (Fsp3) is 0.750. The van der Waals surface area contributed by atoms with Crippen molar-refractivity contribution in [3.05, 3.63) is 0 Å². The summed E-state index contributed by atoms with van der Waals surface area (Å²) in [4.78, 5) is 15.4. The third-order valence-corrected chi connectivity index (χ3v) is 2.09. The van der Waals surface area contributed by atoms with E-state index in [1.807, 2.05) is 0 Å². The molecule has 0 aromatic heterocycles. The van der Waals surface area contributed by atoms with Crippen LogP contribution in [-0.2, 0) is 9.63 Å². The van der Waals surface area contributed by atoms with Crippen LogP contribution < -0.4 is 5.73 Å². The Hall–Kier alpha value is -1.12. The molecule has 1 rings (SSSR count). The van der Waals surface area contributed by atoms with E-state index < -0.39 is 5.54 Å². The topological polar surface area (TPSA) is 79.3 Å². The first-order chi connectivity index (χ1) is 6.06. The maximum Gasteiger partial charge on any atom is 0.322 e. The van der Waals surface area contributed by atoms with Crippen LogP contribution in [0.15, 0.2) is 0 Å². The number of nitrogens with zero attached hydrogens (tertiary/aromatic N) is 2. The van der Waals surface area contributed by atoms with Gasteiger partial charge in [0.1, 0.15) is 5.54 Å². The van der Waals surface area contributed by atoms with Gasteiger partial charge in [0, 0.05) is 20.0 Å². The Bertz CT molecular complexity index is 238. The van der Waals surface area contributed by atoms with E-state index in [1.165, 1.54) is 6.92 Å². The Balaban J connectivity index is 2.40. The second-order valence-electron chi connectivity index (χ2n) is 3.28. The summed E-state index contributed by atoms with van der Waals surface area (Å²) < 4.78 is 0. The van der Waals surface area contributed by atoms with Gasteiger partial charge in [-0.25, -0.2) is 0 Å². The van der Waals surface area contributed by atoms with Crippen molar-refractivity contribution in [2.45, 2.75) is 25.3 Å². The van der Waals surface area contributed by atoms with Crippen molar-refractivity contribution >= 4 is 5.97 Å². The van der Waals surface area contributed by atoms with E-state index in [0.29, 0.717) is 25.9 Å².